The molecule has 0 unspecified atom stereocenters. The molecular weight excluding hydrogens is 751 g/mol. The molecule has 0 fully saturated rings. The molecule has 0 aliphatic carbocycles. The molecule has 0 aliphatic rings. The van der Waals surface area contributed by atoms with Crippen LogP contribution in [-0.4, -0.2) is 0 Å². The molecule has 0 N–H and O–H groups in total. The van der Waals surface area contributed by atoms with E-state index in [4.69, 9.17) is 4.42 Å². The van der Waals surface area contributed by atoms with E-state index in [0.717, 1.165) is 61.1 Å². The van der Waals surface area contributed by atoms with Crippen LogP contribution in [0.25, 0.3) is 98.8 Å². The van der Waals surface area contributed by atoms with Gasteiger partial charge < -0.3 is 9.32 Å². The number of hydrogen-bond donors (Lipinski definition) is 0. The van der Waals surface area contributed by atoms with Gasteiger partial charge in [0.2, 0.25) is 0 Å². The molecule has 1 heterocycles. The van der Waals surface area contributed by atoms with Crippen LogP contribution in [0.1, 0.15) is 0 Å². The average Bonchev–Trinajstić information content (AvgIpc) is 3.75. The standard InChI is InChI=1S/C60H39NO/c1-3-14-40(15-4-1)42-26-32-47(33-27-42)61(48-34-28-43(29-35-48)41-16-5-2-6-17-41)49-36-30-45(31-37-49)56-38-46(51-25-13-19-44-18-7-8-20-50(44)51)39-57-58-54-23-11-9-21-52(54)53-22-10-12-24-55(53)60(58)62-59(56)57/h1-39H. The van der Waals surface area contributed by atoms with Crippen molar-refractivity contribution in [3.8, 4) is 44.5 Å². The first kappa shape index (κ1) is 35.7. The Morgan fingerprint density at radius 3 is 1.31 bits per heavy atom. The molecule has 290 valence electrons. The van der Waals surface area contributed by atoms with Crippen LogP contribution in [0.3, 0.4) is 0 Å². The van der Waals surface area contributed by atoms with E-state index in [1.54, 1.807) is 0 Å². The summed E-state index contributed by atoms with van der Waals surface area (Å²) in [5, 5.41) is 9.46. The molecule has 0 bridgehead atoms. The van der Waals surface area contributed by atoms with E-state index in [1.165, 1.54) is 54.7 Å². The van der Waals surface area contributed by atoms with Crippen molar-refractivity contribution < 1.29 is 4.42 Å². The first-order valence-corrected chi connectivity index (χ1v) is 21.2. The van der Waals surface area contributed by atoms with Crippen LogP contribution in [0.2, 0.25) is 0 Å². The Labute approximate surface area is 360 Å². The minimum Gasteiger partial charge on any atom is -0.455 e. The van der Waals surface area contributed by atoms with E-state index >= 15 is 0 Å². The van der Waals surface area contributed by atoms with Crippen LogP contribution in [0.15, 0.2) is 241 Å². The van der Waals surface area contributed by atoms with Crippen LogP contribution in [-0.2, 0) is 0 Å². The third-order valence-electron chi connectivity index (χ3n) is 12.5. The van der Waals surface area contributed by atoms with Gasteiger partial charge in [0.1, 0.15) is 11.2 Å². The molecule has 11 aromatic carbocycles. The monoisotopic (exact) mass is 789 g/mol. The van der Waals surface area contributed by atoms with Gasteiger partial charge >= 0.3 is 0 Å². The van der Waals surface area contributed by atoms with Crippen LogP contribution in [0.5, 0.6) is 0 Å². The molecule has 0 atom stereocenters. The number of furan rings is 1. The molecule has 12 rings (SSSR count). The summed E-state index contributed by atoms with van der Waals surface area (Å²) in [6.45, 7) is 0. The molecule has 0 aliphatic heterocycles. The van der Waals surface area contributed by atoms with Crippen molar-refractivity contribution >= 4 is 71.3 Å². The molecule has 1 aromatic heterocycles. The van der Waals surface area contributed by atoms with Crippen molar-refractivity contribution in [1.82, 2.24) is 0 Å². The highest BCUT2D eigenvalue weighted by Gasteiger charge is 2.21. The lowest BCUT2D eigenvalue weighted by Crippen LogP contribution is -2.09. The first-order chi connectivity index (χ1) is 30.7. The smallest absolute Gasteiger partial charge is 0.143 e. The maximum Gasteiger partial charge on any atom is 0.143 e. The predicted molar refractivity (Wildman–Crippen MR) is 263 cm³/mol. The van der Waals surface area contributed by atoms with Gasteiger partial charge in [0.25, 0.3) is 0 Å². The fourth-order valence-corrected chi connectivity index (χ4v) is 9.46. The predicted octanol–water partition coefficient (Wildman–Crippen LogP) is 17.2. The fraction of sp³-hybridized carbons (Fsp3) is 0. The van der Waals surface area contributed by atoms with Crippen LogP contribution in [0.4, 0.5) is 17.1 Å². The number of rotatable bonds is 7. The highest BCUT2D eigenvalue weighted by atomic mass is 16.3. The summed E-state index contributed by atoms with van der Waals surface area (Å²) < 4.78 is 7.14. The van der Waals surface area contributed by atoms with Gasteiger partial charge in [-0.05, 0) is 114 Å². The van der Waals surface area contributed by atoms with E-state index < -0.39 is 0 Å². The normalized spacial score (nSPS) is 11.5. The molecule has 12 aromatic rings. The van der Waals surface area contributed by atoms with Crippen molar-refractivity contribution in [2.24, 2.45) is 0 Å². The molecule has 0 amide bonds. The van der Waals surface area contributed by atoms with Crippen molar-refractivity contribution in [1.29, 1.82) is 0 Å². The Kier molecular flexibility index (Phi) is 8.53. The number of fused-ring (bicyclic) bond motifs is 9. The van der Waals surface area contributed by atoms with Gasteiger partial charge in [-0.3, -0.25) is 0 Å². The lowest BCUT2D eigenvalue weighted by Gasteiger charge is -2.26. The fourth-order valence-electron chi connectivity index (χ4n) is 9.46. The lowest BCUT2D eigenvalue weighted by molar-refractivity contribution is 0.674. The summed E-state index contributed by atoms with van der Waals surface area (Å²) in [5.41, 5.74) is 14.3. The Balaban J connectivity index is 1.05. The van der Waals surface area contributed by atoms with Crippen molar-refractivity contribution in [3.63, 3.8) is 0 Å². The maximum absolute atomic E-state index is 7.14. The van der Waals surface area contributed by atoms with Gasteiger partial charge in [0.15, 0.2) is 0 Å². The summed E-state index contributed by atoms with van der Waals surface area (Å²) in [4.78, 5) is 2.34. The summed E-state index contributed by atoms with van der Waals surface area (Å²) in [6.07, 6.45) is 0. The minimum atomic E-state index is 0.892. The molecule has 0 spiro atoms. The third kappa shape index (κ3) is 6.04. The highest BCUT2D eigenvalue weighted by Crippen LogP contribution is 2.46. The second kappa shape index (κ2) is 14.8. The molecule has 0 radical (unpaired) electrons. The van der Waals surface area contributed by atoms with Gasteiger partial charge in [-0.15, -0.1) is 0 Å². The average molecular weight is 790 g/mol. The SMILES string of the molecule is c1ccc(-c2ccc(N(c3ccc(-c4ccccc4)cc3)c3ccc(-c4cc(-c5cccc6ccccc56)cc5c4oc4c6ccccc6c6ccccc6c54)cc3)cc2)cc1. The molecule has 62 heavy (non-hydrogen) atoms. The highest BCUT2D eigenvalue weighted by molar-refractivity contribution is 6.31. The summed E-state index contributed by atoms with van der Waals surface area (Å²) in [6, 6.07) is 85.2. The van der Waals surface area contributed by atoms with Gasteiger partial charge in [-0.2, -0.15) is 0 Å². The van der Waals surface area contributed by atoms with Crippen molar-refractivity contribution in [2.75, 3.05) is 4.90 Å². The lowest BCUT2D eigenvalue weighted by atomic mass is 9.91. The Morgan fingerprint density at radius 2 is 0.710 bits per heavy atom. The molecule has 2 nitrogen and oxygen atoms in total. The Hall–Kier alpha value is -8.20. The van der Waals surface area contributed by atoms with Crippen LogP contribution < -0.4 is 4.90 Å². The minimum absolute atomic E-state index is 0.892. The number of benzene rings is 11. The second-order valence-corrected chi connectivity index (χ2v) is 16.0. The second-order valence-electron chi connectivity index (χ2n) is 16.0. The largest absolute Gasteiger partial charge is 0.455 e. The molecule has 0 saturated heterocycles. The number of hydrogen-bond acceptors (Lipinski definition) is 2. The van der Waals surface area contributed by atoms with Gasteiger partial charge in [0, 0.05) is 38.8 Å². The molecule has 0 saturated carbocycles. The van der Waals surface area contributed by atoms with Crippen LogP contribution >= 0.6 is 0 Å². The van der Waals surface area contributed by atoms with E-state index in [0.29, 0.717) is 0 Å². The third-order valence-corrected chi connectivity index (χ3v) is 12.5. The van der Waals surface area contributed by atoms with Gasteiger partial charge in [-0.1, -0.05) is 188 Å². The summed E-state index contributed by atoms with van der Waals surface area (Å²) >= 11 is 0. The maximum atomic E-state index is 7.14. The van der Waals surface area contributed by atoms with Crippen LogP contribution in [0, 0.1) is 0 Å². The molecular formula is C60H39NO. The van der Waals surface area contributed by atoms with Gasteiger partial charge in [0.05, 0.1) is 0 Å². The van der Waals surface area contributed by atoms with Crippen molar-refractivity contribution in [3.05, 3.63) is 237 Å². The summed E-state index contributed by atoms with van der Waals surface area (Å²) in [5.74, 6) is 0. The molecule has 2 heteroatoms. The number of nitrogens with zero attached hydrogens (tertiary/aromatic N) is 1. The zero-order valence-electron chi connectivity index (χ0n) is 33.9. The Bertz CT molecular complexity index is 3500. The summed E-state index contributed by atoms with van der Waals surface area (Å²) in [7, 11) is 0. The number of anilines is 3. The first-order valence-electron chi connectivity index (χ1n) is 21.2. The zero-order valence-corrected chi connectivity index (χ0v) is 33.9. The van der Waals surface area contributed by atoms with E-state index in [1.807, 2.05) is 0 Å². The van der Waals surface area contributed by atoms with E-state index in [9.17, 15) is 0 Å². The quantitative estimate of drug-likeness (QED) is 0.150. The zero-order chi connectivity index (χ0) is 41.0. The van der Waals surface area contributed by atoms with Gasteiger partial charge in [-0.25, -0.2) is 0 Å². The topological polar surface area (TPSA) is 16.4 Å². The van der Waals surface area contributed by atoms with Crippen molar-refractivity contribution in [2.45, 2.75) is 0 Å². The van der Waals surface area contributed by atoms with E-state index in [2.05, 4.69) is 241 Å². The Morgan fingerprint density at radius 1 is 0.258 bits per heavy atom. The van der Waals surface area contributed by atoms with E-state index in [-0.39, 0.29) is 0 Å².